The molecule has 0 unspecified atom stereocenters. The van der Waals surface area contributed by atoms with Gasteiger partial charge in [-0.2, -0.15) is 0 Å². The summed E-state index contributed by atoms with van der Waals surface area (Å²) in [6, 6.07) is 9.16. The number of aryl methyl sites for hydroxylation is 2. The lowest BCUT2D eigenvalue weighted by Gasteiger charge is -2.15. The minimum absolute atomic E-state index is 0.0821. The maximum Gasteiger partial charge on any atom is 0.133 e. The van der Waals surface area contributed by atoms with E-state index in [4.69, 9.17) is 26.8 Å². The van der Waals surface area contributed by atoms with Crippen molar-refractivity contribution in [1.29, 1.82) is 0 Å². The molecule has 112 valence electrons. The van der Waals surface area contributed by atoms with Gasteiger partial charge in [0.1, 0.15) is 17.2 Å². The second-order valence-electron chi connectivity index (χ2n) is 5.38. The van der Waals surface area contributed by atoms with E-state index in [1.54, 1.807) is 12.1 Å². The van der Waals surface area contributed by atoms with Gasteiger partial charge in [-0.1, -0.05) is 11.6 Å². The van der Waals surface area contributed by atoms with Crippen LogP contribution in [0.1, 0.15) is 25.0 Å². The van der Waals surface area contributed by atoms with Gasteiger partial charge in [0.15, 0.2) is 0 Å². The van der Waals surface area contributed by atoms with Gasteiger partial charge in [0.05, 0.1) is 6.10 Å². The highest BCUT2D eigenvalue weighted by atomic mass is 35.5. The number of nitrogens with two attached hydrogens (primary N) is 1. The second-order valence-corrected chi connectivity index (χ2v) is 5.81. The van der Waals surface area contributed by atoms with Gasteiger partial charge in [-0.25, -0.2) is 0 Å². The molecular weight excluding hydrogens is 286 g/mol. The Balaban J connectivity index is 2.33. The van der Waals surface area contributed by atoms with Crippen molar-refractivity contribution in [1.82, 2.24) is 0 Å². The molecule has 4 heteroatoms. The molecule has 0 heterocycles. The van der Waals surface area contributed by atoms with Crippen molar-refractivity contribution < 1.29 is 9.47 Å². The molecule has 2 aromatic carbocycles. The van der Waals surface area contributed by atoms with Gasteiger partial charge in [-0.05, 0) is 51.0 Å². The quantitative estimate of drug-likeness (QED) is 0.797. The molecule has 0 bridgehead atoms. The highest BCUT2D eigenvalue weighted by Crippen LogP contribution is 2.34. The molecule has 0 aliphatic rings. The zero-order chi connectivity index (χ0) is 15.6. The zero-order valence-corrected chi connectivity index (χ0v) is 13.5. The van der Waals surface area contributed by atoms with Crippen LogP contribution in [-0.2, 0) is 0 Å². The fraction of sp³-hybridized carbons (Fsp3) is 0.294. The number of rotatable bonds is 4. The summed E-state index contributed by atoms with van der Waals surface area (Å²) in [4.78, 5) is 0. The Labute approximate surface area is 130 Å². The van der Waals surface area contributed by atoms with Crippen LogP contribution in [0.2, 0.25) is 5.02 Å². The average molecular weight is 306 g/mol. The Hall–Kier alpha value is -1.87. The molecule has 0 aromatic heterocycles. The molecule has 0 amide bonds. The molecule has 0 fully saturated rings. The molecular formula is C17H20ClNO2. The van der Waals surface area contributed by atoms with Gasteiger partial charge in [-0.3, -0.25) is 0 Å². The largest absolute Gasteiger partial charge is 0.491 e. The summed E-state index contributed by atoms with van der Waals surface area (Å²) in [5.41, 5.74) is 8.47. The summed E-state index contributed by atoms with van der Waals surface area (Å²) in [5, 5.41) is 0.703. The van der Waals surface area contributed by atoms with Crippen molar-refractivity contribution in [3.8, 4) is 17.2 Å². The van der Waals surface area contributed by atoms with Crippen molar-refractivity contribution in [2.24, 2.45) is 0 Å². The average Bonchev–Trinajstić information content (AvgIpc) is 2.32. The highest BCUT2D eigenvalue weighted by molar-refractivity contribution is 6.30. The molecule has 2 rings (SSSR count). The molecule has 3 nitrogen and oxygen atoms in total. The number of hydrogen-bond acceptors (Lipinski definition) is 3. The van der Waals surface area contributed by atoms with Gasteiger partial charge >= 0.3 is 0 Å². The lowest BCUT2D eigenvalue weighted by atomic mass is 10.1. The lowest BCUT2D eigenvalue weighted by molar-refractivity contribution is 0.242. The number of hydrogen-bond donors (Lipinski definition) is 1. The Morgan fingerprint density at radius 3 is 2.10 bits per heavy atom. The van der Waals surface area contributed by atoms with Crippen LogP contribution in [0.15, 0.2) is 30.3 Å². The molecule has 21 heavy (non-hydrogen) atoms. The fourth-order valence-electron chi connectivity index (χ4n) is 2.17. The number of anilines is 1. The molecule has 0 saturated carbocycles. The molecule has 2 N–H and O–H groups in total. The SMILES string of the molecule is Cc1cc(Cl)cc(C)c1Oc1cc(N)cc(OC(C)C)c1. The monoisotopic (exact) mass is 305 g/mol. The summed E-state index contributed by atoms with van der Waals surface area (Å²) < 4.78 is 11.7. The van der Waals surface area contributed by atoms with Gasteiger partial charge in [-0.15, -0.1) is 0 Å². The summed E-state index contributed by atoms with van der Waals surface area (Å²) in [7, 11) is 0. The van der Waals surface area contributed by atoms with E-state index in [0.29, 0.717) is 22.2 Å². The van der Waals surface area contributed by atoms with Crippen molar-refractivity contribution in [3.63, 3.8) is 0 Å². The Morgan fingerprint density at radius 1 is 0.952 bits per heavy atom. The molecule has 0 aliphatic carbocycles. The minimum Gasteiger partial charge on any atom is -0.491 e. The van der Waals surface area contributed by atoms with Crippen LogP contribution in [0.4, 0.5) is 5.69 Å². The second kappa shape index (κ2) is 6.27. The summed E-state index contributed by atoms with van der Waals surface area (Å²) in [6.45, 7) is 7.87. The first kappa shape index (κ1) is 15.5. The van der Waals surface area contributed by atoms with E-state index in [9.17, 15) is 0 Å². The van der Waals surface area contributed by atoms with E-state index < -0.39 is 0 Å². The lowest BCUT2D eigenvalue weighted by Crippen LogP contribution is -2.06. The predicted molar refractivity (Wildman–Crippen MR) is 87.6 cm³/mol. The van der Waals surface area contributed by atoms with Crippen LogP contribution in [0.5, 0.6) is 17.2 Å². The first-order chi connectivity index (χ1) is 9.85. The Bertz CT molecular complexity index is 630. The number of halogens is 1. The molecule has 0 spiro atoms. The van der Waals surface area contributed by atoms with E-state index in [0.717, 1.165) is 16.9 Å². The van der Waals surface area contributed by atoms with E-state index in [1.807, 2.05) is 45.9 Å². The van der Waals surface area contributed by atoms with Crippen molar-refractivity contribution in [2.75, 3.05) is 5.73 Å². The van der Waals surface area contributed by atoms with Crippen molar-refractivity contribution in [2.45, 2.75) is 33.8 Å². The summed E-state index contributed by atoms with van der Waals surface area (Å²) in [6.07, 6.45) is 0.0821. The maximum atomic E-state index is 6.04. The van der Waals surface area contributed by atoms with Crippen LogP contribution < -0.4 is 15.2 Å². The van der Waals surface area contributed by atoms with Gasteiger partial charge in [0.25, 0.3) is 0 Å². The van der Waals surface area contributed by atoms with E-state index in [1.165, 1.54) is 0 Å². The van der Waals surface area contributed by atoms with Crippen LogP contribution in [0, 0.1) is 13.8 Å². The molecule has 0 atom stereocenters. The van der Waals surface area contributed by atoms with Crippen LogP contribution in [0.3, 0.4) is 0 Å². The fourth-order valence-corrected chi connectivity index (χ4v) is 2.50. The Morgan fingerprint density at radius 2 is 1.52 bits per heavy atom. The van der Waals surface area contributed by atoms with E-state index >= 15 is 0 Å². The van der Waals surface area contributed by atoms with Crippen molar-refractivity contribution in [3.05, 3.63) is 46.5 Å². The van der Waals surface area contributed by atoms with Gasteiger partial charge < -0.3 is 15.2 Å². The molecule has 0 saturated heterocycles. The molecule has 2 aromatic rings. The van der Waals surface area contributed by atoms with Crippen LogP contribution in [-0.4, -0.2) is 6.10 Å². The smallest absolute Gasteiger partial charge is 0.133 e. The normalized spacial score (nSPS) is 10.8. The maximum absolute atomic E-state index is 6.04. The third-order valence-electron chi connectivity index (χ3n) is 2.92. The number of ether oxygens (including phenoxy) is 2. The summed E-state index contributed by atoms with van der Waals surface area (Å²) in [5.74, 6) is 2.14. The highest BCUT2D eigenvalue weighted by Gasteiger charge is 2.09. The topological polar surface area (TPSA) is 44.5 Å². The Kier molecular flexibility index (Phi) is 4.63. The van der Waals surface area contributed by atoms with Gasteiger partial charge in [0, 0.05) is 28.9 Å². The van der Waals surface area contributed by atoms with Gasteiger partial charge in [0.2, 0.25) is 0 Å². The molecule has 0 aliphatic heterocycles. The number of nitrogen functional groups attached to an aromatic ring is 1. The van der Waals surface area contributed by atoms with E-state index in [2.05, 4.69) is 0 Å². The third kappa shape index (κ3) is 4.05. The number of benzene rings is 2. The third-order valence-corrected chi connectivity index (χ3v) is 3.14. The molecule has 0 radical (unpaired) electrons. The first-order valence-electron chi connectivity index (χ1n) is 6.87. The zero-order valence-electron chi connectivity index (χ0n) is 12.7. The van der Waals surface area contributed by atoms with Crippen LogP contribution in [0.25, 0.3) is 0 Å². The van der Waals surface area contributed by atoms with E-state index in [-0.39, 0.29) is 6.10 Å². The standard InChI is InChI=1S/C17H20ClNO2/c1-10(2)20-15-7-14(19)8-16(9-15)21-17-11(3)5-13(18)6-12(17)4/h5-10H,19H2,1-4H3. The van der Waals surface area contributed by atoms with Crippen molar-refractivity contribution >= 4 is 17.3 Å². The minimum atomic E-state index is 0.0821. The predicted octanol–water partition coefficient (Wildman–Crippen LogP) is 5.12. The first-order valence-corrected chi connectivity index (χ1v) is 7.25. The van der Waals surface area contributed by atoms with Crippen LogP contribution >= 0.6 is 11.6 Å². The summed E-state index contributed by atoms with van der Waals surface area (Å²) >= 11 is 6.04.